The number of pyridine rings is 1. The van der Waals surface area contributed by atoms with Crippen molar-refractivity contribution in [3.05, 3.63) is 58.4 Å². The number of alkyl halides is 1. The molecule has 1 fully saturated rings. The number of amides is 1. The minimum absolute atomic E-state index is 0.00619. The largest absolute Gasteiger partial charge is 0.395 e. The number of aromatic nitrogens is 1. The average molecular weight is 461 g/mol. The van der Waals surface area contributed by atoms with Gasteiger partial charge in [-0.15, -0.1) is 0 Å². The Morgan fingerprint density at radius 1 is 1.44 bits per heavy atom. The quantitative estimate of drug-likeness (QED) is 0.629. The van der Waals surface area contributed by atoms with Gasteiger partial charge >= 0.3 is 0 Å². The maximum atomic E-state index is 14.9. The molecule has 11 heteroatoms. The van der Waals surface area contributed by atoms with Crippen LogP contribution in [0, 0.1) is 35.8 Å². The van der Waals surface area contributed by atoms with Crippen LogP contribution in [0.2, 0.25) is 0 Å². The molecule has 0 bridgehead atoms. The van der Waals surface area contributed by atoms with Crippen molar-refractivity contribution < 1.29 is 23.1 Å². The van der Waals surface area contributed by atoms with Crippen LogP contribution >= 0.6 is 11.8 Å². The van der Waals surface area contributed by atoms with Crippen molar-refractivity contribution in [1.29, 1.82) is 5.26 Å². The van der Waals surface area contributed by atoms with Gasteiger partial charge in [0.05, 0.1) is 16.9 Å². The molecule has 4 rings (SSSR count). The predicted octanol–water partition coefficient (Wildman–Crippen LogP) is 2.77. The first kappa shape index (κ1) is 22.1. The van der Waals surface area contributed by atoms with E-state index < -0.39 is 40.4 Å². The number of nitrogens with one attached hydrogen (secondary N) is 1. The van der Waals surface area contributed by atoms with Crippen molar-refractivity contribution in [2.75, 3.05) is 18.6 Å². The van der Waals surface area contributed by atoms with Crippen LogP contribution in [0.25, 0.3) is 0 Å². The van der Waals surface area contributed by atoms with Crippen LogP contribution in [0.15, 0.2) is 29.4 Å². The summed E-state index contributed by atoms with van der Waals surface area (Å²) in [4.78, 5) is 20.7. The molecular weight excluding hydrogens is 443 g/mol. The van der Waals surface area contributed by atoms with Gasteiger partial charge in [-0.25, -0.2) is 23.1 Å². The lowest BCUT2D eigenvalue weighted by atomic mass is 9.84. The Bertz CT molecular complexity index is 1200. The van der Waals surface area contributed by atoms with Crippen molar-refractivity contribution in [1.82, 2.24) is 4.98 Å². The molecule has 2 aromatic rings. The van der Waals surface area contributed by atoms with Crippen molar-refractivity contribution in [2.45, 2.75) is 23.6 Å². The van der Waals surface area contributed by atoms with Crippen LogP contribution in [-0.4, -0.2) is 39.2 Å². The zero-order valence-electron chi connectivity index (χ0n) is 16.8. The fourth-order valence-electron chi connectivity index (χ4n) is 4.20. The van der Waals surface area contributed by atoms with Crippen LogP contribution in [0.4, 0.5) is 18.9 Å². The van der Waals surface area contributed by atoms with E-state index in [9.17, 15) is 23.1 Å². The Kier molecular flexibility index (Phi) is 5.38. The van der Waals surface area contributed by atoms with Crippen LogP contribution in [0.1, 0.15) is 33.6 Å². The standard InChI is InChI=1S/C21H18F3N5O2S/c1-10-2-11(6-25)7-27-17(10)18(31)28-12-3-13(16(24)14(23)4-12)21(8-22)15-5-20(15,9-30)32-19(26)29-21/h2-4,7,15,30H,5,8-9H2,1H3,(H2,26,29)(H,28,31)/t15-,20-,21-/m1/s1. The maximum Gasteiger partial charge on any atom is 0.274 e. The molecule has 0 spiro atoms. The number of aliphatic hydroxyl groups is 1. The second-order valence-electron chi connectivity index (χ2n) is 7.86. The molecule has 166 valence electrons. The second-order valence-corrected chi connectivity index (χ2v) is 9.30. The molecule has 3 atom stereocenters. The zero-order valence-corrected chi connectivity index (χ0v) is 17.6. The number of amidine groups is 1. The Hall–Kier alpha value is -3.10. The van der Waals surface area contributed by atoms with E-state index in [1.165, 1.54) is 12.3 Å². The summed E-state index contributed by atoms with van der Waals surface area (Å²) in [5, 5.41) is 21.1. The second kappa shape index (κ2) is 7.79. The molecule has 7 nitrogen and oxygen atoms in total. The van der Waals surface area contributed by atoms with Gasteiger partial charge in [0.1, 0.15) is 24.0 Å². The lowest BCUT2D eigenvalue weighted by Crippen LogP contribution is -2.41. The van der Waals surface area contributed by atoms with Gasteiger partial charge in [0.15, 0.2) is 16.8 Å². The molecule has 1 amide bonds. The highest BCUT2D eigenvalue weighted by Gasteiger charge is 2.68. The molecule has 0 saturated heterocycles. The van der Waals surface area contributed by atoms with Gasteiger partial charge in [-0.2, -0.15) is 5.26 Å². The van der Waals surface area contributed by atoms with Crippen LogP contribution in [-0.2, 0) is 5.54 Å². The SMILES string of the molecule is Cc1cc(C#N)cnc1C(=O)Nc1cc(F)c(F)c([C@@]2(CF)N=C(N)S[C@@]3(CO)C[C@H]32)c1. The molecule has 1 aromatic carbocycles. The number of fused-ring (bicyclic) bond motifs is 1. The molecule has 0 radical (unpaired) electrons. The number of nitrogens with zero attached hydrogens (tertiary/aromatic N) is 3. The molecule has 2 heterocycles. The van der Waals surface area contributed by atoms with E-state index in [1.807, 2.05) is 6.07 Å². The molecule has 2 aliphatic rings. The third-order valence-corrected chi connectivity index (χ3v) is 7.15. The monoisotopic (exact) mass is 461 g/mol. The molecule has 4 N–H and O–H groups in total. The molecule has 32 heavy (non-hydrogen) atoms. The fourth-order valence-corrected chi connectivity index (χ4v) is 5.48. The first-order chi connectivity index (χ1) is 15.2. The molecule has 1 aromatic heterocycles. The Morgan fingerprint density at radius 2 is 2.19 bits per heavy atom. The topological polar surface area (TPSA) is 124 Å². The van der Waals surface area contributed by atoms with E-state index in [4.69, 9.17) is 11.0 Å². The molecular formula is C21H18F3N5O2S. The number of carbonyl (C=O) groups excluding carboxylic acids is 1. The number of thioether (sulfide) groups is 1. The van der Waals surface area contributed by atoms with E-state index in [0.29, 0.717) is 12.0 Å². The summed E-state index contributed by atoms with van der Waals surface area (Å²) in [6, 6.07) is 5.28. The molecule has 1 aliphatic heterocycles. The first-order valence-electron chi connectivity index (χ1n) is 9.58. The summed E-state index contributed by atoms with van der Waals surface area (Å²) in [6.07, 6.45) is 1.55. The summed E-state index contributed by atoms with van der Waals surface area (Å²) < 4.78 is 43.0. The summed E-state index contributed by atoms with van der Waals surface area (Å²) in [6.45, 7) is 0.103. The van der Waals surface area contributed by atoms with Gasteiger partial charge in [0.2, 0.25) is 0 Å². The summed E-state index contributed by atoms with van der Waals surface area (Å²) in [5.74, 6) is -3.89. The lowest BCUT2D eigenvalue weighted by Gasteiger charge is -2.34. The first-order valence-corrected chi connectivity index (χ1v) is 10.4. The number of rotatable bonds is 5. The van der Waals surface area contributed by atoms with E-state index in [2.05, 4.69) is 15.3 Å². The highest BCUT2D eigenvalue weighted by Crippen LogP contribution is 2.66. The maximum absolute atomic E-state index is 14.9. The smallest absolute Gasteiger partial charge is 0.274 e. The Labute approximate surface area is 185 Å². The minimum atomic E-state index is -1.81. The van der Waals surface area contributed by atoms with E-state index in [1.54, 1.807) is 6.92 Å². The van der Waals surface area contributed by atoms with Crippen LogP contribution in [0.5, 0.6) is 0 Å². The highest BCUT2D eigenvalue weighted by molar-refractivity contribution is 8.15. The molecule has 1 aliphatic carbocycles. The summed E-state index contributed by atoms with van der Waals surface area (Å²) >= 11 is 1.10. The number of anilines is 1. The number of hydrogen-bond donors (Lipinski definition) is 3. The van der Waals surface area contributed by atoms with Gasteiger partial charge in [-0.3, -0.25) is 4.79 Å². The van der Waals surface area contributed by atoms with Gasteiger partial charge in [0.25, 0.3) is 5.91 Å². The van der Waals surface area contributed by atoms with Crippen LogP contribution < -0.4 is 11.1 Å². The number of aliphatic imine (C=N–C) groups is 1. The predicted molar refractivity (Wildman–Crippen MR) is 113 cm³/mol. The number of nitrogens with two attached hydrogens (primary N) is 1. The number of aliphatic hydroxyl groups excluding tert-OH is 1. The van der Waals surface area contributed by atoms with E-state index >= 15 is 0 Å². The third-order valence-electron chi connectivity index (χ3n) is 5.86. The number of halogens is 3. The number of aryl methyl sites for hydroxylation is 1. The van der Waals surface area contributed by atoms with Gasteiger partial charge in [-0.05, 0) is 31.0 Å². The zero-order chi connectivity index (χ0) is 23.3. The Morgan fingerprint density at radius 3 is 2.81 bits per heavy atom. The molecule has 0 unspecified atom stereocenters. The average Bonchev–Trinajstić information content (AvgIpc) is 3.50. The highest BCUT2D eigenvalue weighted by atomic mass is 32.2. The number of benzene rings is 1. The van der Waals surface area contributed by atoms with Gasteiger partial charge in [-0.1, -0.05) is 11.8 Å². The van der Waals surface area contributed by atoms with Crippen molar-refractivity contribution in [3.63, 3.8) is 0 Å². The number of carbonyl (C=O) groups is 1. The van der Waals surface area contributed by atoms with Gasteiger partial charge in [0, 0.05) is 29.4 Å². The van der Waals surface area contributed by atoms with Crippen molar-refractivity contribution >= 4 is 28.5 Å². The van der Waals surface area contributed by atoms with E-state index in [-0.39, 0.29) is 34.3 Å². The van der Waals surface area contributed by atoms with Crippen LogP contribution in [0.3, 0.4) is 0 Å². The lowest BCUT2D eigenvalue weighted by molar-refractivity contribution is 0.102. The Balaban J connectivity index is 1.74. The fraction of sp³-hybridized carbons (Fsp3) is 0.333. The molecule has 1 saturated carbocycles. The summed E-state index contributed by atoms with van der Waals surface area (Å²) in [5.41, 5.74) is 4.20. The number of hydrogen-bond acceptors (Lipinski definition) is 7. The van der Waals surface area contributed by atoms with Crippen molar-refractivity contribution in [3.8, 4) is 6.07 Å². The summed E-state index contributed by atoms with van der Waals surface area (Å²) in [7, 11) is 0. The normalized spacial score (nSPS) is 26.0. The minimum Gasteiger partial charge on any atom is -0.395 e. The third kappa shape index (κ3) is 3.40. The van der Waals surface area contributed by atoms with E-state index in [0.717, 1.165) is 23.9 Å². The number of nitriles is 1. The van der Waals surface area contributed by atoms with Gasteiger partial charge < -0.3 is 16.2 Å². The van der Waals surface area contributed by atoms with Crippen molar-refractivity contribution in [2.24, 2.45) is 16.6 Å².